The fourth-order valence-corrected chi connectivity index (χ4v) is 13.0. The van der Waals surface area contributed by atoms with Gasteiger partial charge in [-0.05, 0) is 188 Å². The minimum Gasteiger partial charge on any atom is -0.496 e. The molecule has 608 valence electrons. The Morgan fingerprint density at radius 1 is 0.282 bits per heavy atom. The van der Waals surface area contributed by atoms with E-state index in [4.69, 9.17) is 71.1 Å². The van der Waals surface area contributed by atoms with Crippen molar-refractivity contribution in [3.63, 3.8) is 0 Å². The minimum atomic E-state index is -0.741. The molecule has 0 N–H and O–H groups in total. The maximum atomic E-state index is 13.3. The normalized spacial score (nSPS) is 11.5. The Morgan fingerprint density at radius 2 is 0.509 bits per heavy atom. The lowest BCUT2D eigenvalue weighted by Crippen LogP contribution is -2.27. The predicted octanol–water partition coefficient (Wildman–Crippen LogP) is 23.5. The second-order valence-electron chi connectivity index (χ2n) is 31.1. The number of benzene rings is 6. The largest absolute Gasteiger partial charge is 0.496 e. The predicted molar refractivity (Wildman–Crippen MR) is 441 cm³/mol. The quantitative estimate of drug-likeness (QED) is 0.0151. The van der Waals surface area contributed by atoms with Crippen LogP contribution in [0.4, 0.5) is 0 Å². The Kier molecular flexibility index (Phi) is 39.5. The highest BCUT2D eigenvalue weighted by Crippen LogP contribution is 2.48. The molecule has 0 fully saturated rings. The first-order valence-electron chi connectivity index (χ1n) is 40.1. The van der Waals surface area contributed by atoms with E-state index in [1.165, 1.54) is 96.3 Å². The number of esters is 3. The molecule has 0 radical (unpaired) electrons. The number of methoxy groups -OCH3 is 4. The highest BCUT2D eigenvalue weighted by atomic mass is 79.9. The average molecular weight is 1590 g/mol. The van der Waals surface area contributed by atoms with Crippen LogP contribution in [0.2, 0.25) is 0 Å². The van der Waals surface area contributed by atoms with Gasteiger partial charge in [-0.2, -0.15) is 0 Å². The van der Waals surface area contributed by atoms with E-state index in [9.17, 15) is 14.4 Å². The van der Waals surface area contributed by atoms with Crippen molar-refractivity contribution in [3.05, 3.63) is 108 Å². The Hall–Kier alpha value is -8.19. The Bertz CT molecular complexity index is 3510. The van der Waals surface area contributed by atoms with Crippen LogP contribution in [-0.2, 0) is 47.1 Å². The molecule has 6 aromatic rings. The molecule has 0 aliphatic carbocycles. The number of ether oxygens (including phenoxy) is 15. The van der Waals surface area contributed by atoms with Crippen LogP contribution in [0.25, 0.3) is 33.4 Å². The van der Waals surface area contributed by atoms with E-state index < -0.39 is 34.7 Å². The second-order valence-corrected chi connectivity index (χ2v) is 31.7. The van der Waals surface area contributed by atoms with Gasteiger partial charge in [0.2, 0.25) is 0 Å². The van der Waals surface area contributed by atoms with Crippen molar-refractivity contribution >= 4 is 33.8 Å². The summed E-state index contributed by atoms with van der Waals surface area (Å²) in [6.07, 6.45) is 27.6. The number of carbonyl (C=O) groups excluding carboxylic acids is 3. The number of hydrogen-bond donors (Lipinski definition) is 0. The molecule has 0 amide bonds. The van der Waals surface area contributed by atoms with Crippen LogP contribution in [-0.4, -0.2) is 103 Å². The van der Waals surface area contributed by atoms with Crippen LogP contribution < -0.4 is 56.8 Å². The van der Waals surface area contributed by atoms with Crippen molar-refractivity contribution in [2.24, 2.45) is 0 Å². The van der Waals surface area contributed by atoms with Gasteiger partial charge in [-0.1, -0.05) is 172 Å². The topological polar surface area (TPSA) is 190 Å². The van der Waals surface area contributed by atoms with Crippen molar-refractivity contribution in [2.45, 2.75) is 273 Å². The molecule has 0 aliphatic rings. The maximum absolute atomic E-state index is 13.3. The Morgan fingerprint density at radius 3 is 0.745 bits per heavy atom. The van der Waals surface area contributed by atoms with Crippen molar-refractivity contribution in [3.8, 4) is 102 Å². The van der Waals surface area contributed by atoms with Gasteiger partial charge in [0.1, 0.15) is 99.0 Å². The molecule has 0 aromatic heterocycles. The van der Waals surface area contributed by atoms with Gasteiger partial charge >= 0.3 is 17.9 Å². The zero-order valence-corrected chi connectivity index (χ0v) is 70.8. The van der Waals surface area contributed by atoms with E-state index in [-0.39, 0.29) is 33.0 Å². The van der Waals surface area contributed by atoms with E-state index in [2.05, 4.69) is 36.7 Å². The molecule has 6 aromatic carbocycles. The van der Waals surface area contributed by atoms with Crippen LogP contribution in [0.3, 0.4) is 0 Å². The summed E-state index contributed by atoms with van der Waals surface area (Å²) in [7, 11) is 6.41. The van der Waals surface area contributed by atoms with Crippen molar-refractivity contribution in [2.75, 3.05) is 68.1 Å². The minimum absolute atomic E-state index is 0.0167. The molecule has 0 aliphatic heterocycles. The smallest absolute Gasteiger partial charge is 0.344 e. The molecule has 18 nitrogen and oxygen atoms in total. The summed E-state index contributed by atoms with van der Waals surface area (Å²) in [5.41, 5.74) is 3.88. The second kappa shape index (κ2) is 47.9. The third kappa shape index (κ3) is 33.4. The van der Waals surface area contributed by atoms with E-state index in [1.54, 1.807) is 46.6 Å². The van der Waals surface area contributed by atoms with Crippen molar-refractivity contribution in [1.82, 2.24) is 0 Å². The molecular formula is C91H129BrO18. The summed E-state index contributed by atoms with van der Waals surface area (Å²) in [6, 6.07) is 28.2. The monoisotopic (exact) mass is 1590 g/mol. The van der Waals surface area contributed by atoms with E-state index in [1.807, 2.05) is 135 Å². The molecule has 110 heavy (non-hydrogen) atoms. The van der Waals surface area contributed by atoms with E-state index >= 15 is 0 Å². The number of halogens is 1. The third-order valence-corrected chi connectivity index (χ3v) is 18.5. The first kappa shape index (κ1) is 90.7. The molecule has 0 saturated heterocycles. The van der Waals surface area contributed by atoms with E-state index in [0.717, 1.165) is 63.4 Å². The molecule has 0 heterocycles. The van der Waals surface area contributed by atoms with Gasteiger partial charge in [0, 0.05) is 23.5 Å². The highest BCUT2D eigenvalue weighted by Gasteiger charge is 2.26. The average Bonchev–Trinajstić information content (AvgIpc) is 0.785. The summed E-state index contributed by atoms with van der Waals surface area (Å²) >= 11 is 3.77. The van der Waals surface area contributed by atoms with Crippen LogP contribution in [0, 0.1) is 0 Å². The lowest BCUT2D eigenvalue weighted by atomic mass is 9.99. The molecule has 0 spiro atoms. The lowest BCUT2D eigenvalue weighted by Gasteiger charge is -2.22. The van der Waals surface area contributed by atoms with Crippen LogP contribution in [0.5, 0.6) is 69.0 Å². The SMILES string of the molecule is CCCCCCCCCCOc1cc(OCC(=O)OC(C)(C)C)cc(-c2c(OC)cc(COc3cc(CBr)cc(OCc4cc(OC)c(-c5cc(OCCCCCCCCCC)cc(OCC(=O)OC(C)(C)C)c5)c(OC)c4)c3-c3cc(OCCCCCCCCCC)cc(OCC(=O)OC(C)(C)C)c3)cc2OC)c1. The molecule has 0 bridgehead atoms. The van der Waals surface area contributed by atoms with Gasteiger partial charge in [-0.25, -0.2) is 14.4 Å². The summed E-state index contributed by atoms with van der Waals surface area (Å²) < 4.78 is 94.2. The molecule has 6 rings (SSSR count). The molecule has 0 atom stereocenters. The first-order valence-corrected chi connectivity index (χ1v) is 41.3. The summed E-state index contributed by atoms with van der Waals surface area (Å²) in [5, 5.41) is 0.426. The van der Waals surface area contributed by atoms with Gasteiger partial charge in [0.05, 0.1) is 65.0 Å². The number of unbranched alkanes of at least 4 members (excludes halogenated alkanes) is 21. The Balaban J connectivity index is 1.44. The highest BCUT2D eigenvalue weighted by molar-refractivity contribution is 9.08. The zero-order chi connectivity index (χ0) is 79.9. The first-order chi connectivity index (χ1) is 52.8. The van der Waals surface area contributed by atoms with Gasteiger partial charge in [0.15, 0.2) is 19.8 Å². The van der Waals surface area contributed by atoms with Crippen LogP contribution in [0.1, 0.15) is 254 Å². The molecular weight excluding hydrogens is 1460 g/mol. The van der Waals surface area contributed by atoms with Crippen molar-refractivity contribution in [1.29, 1.82) is 0 Å². The lowest BCUT2D eigenvalue weighted by molar-refractivity contribution is -0.158. The van der Waals surface area contributed by atoms with Gasteiger partial charge < -0.3 is 71.1 Å². The van der Waals surface area contributed by atoms with Gasteiger partial charge in [-0.15, -0.1) is 0 Å². The van der Waals surface area contributed by atoms with Crippen LogP contribution >= 0.6 is 15.9 Å². The van der Waals surface area contributed by atoms with E-state index in [0.29, 0.717) is 139 Å². The summed E-state index contributed by atoms with van der Waals surface area (Å²) in [5.74, 6) is 4.07. The fourth-order valence-electron chi connectivity index (χ4n) is 12.7. The Labute approximate surface area is 666 Å². The summed E-state index contributed by atoms with van der Waals surface area (Å²) in [6.45, 7) is 23.5. The number of alkyl halides is 1. The zero-order valence-electron chi connectivity index (χ0n) is 69.2. The molecule has 19 heteroatoms. The number of hydrogen-bond acceptors (Lipinski definition) is 18. The third-order valence-electron chi connectivity index (χ3n) is 17.8. The standard InChI is InChI=1S/C91H129BrO18/c1-17-20-23-26-29-32-35-38-41-100-71-50-68(53-74(56-71)103-62-83(93)108-89(4,5)6)86-77(96-13)46-66(47-78(86)97-14)60-106-81-44-65(59-92)45-82(88(81)70-52-73(102-43-40-37-34-31-28-25-22-19-3)58-76(55-70)105-64-85(95)110-91(10,11)12)107-61-67-48-79(98-15)87(80(49-67)99-16)69-51-72(101-42-39-36-33-30-27-24-21-18-2)57-75(54-69)104-63-84(94)109-90(7,8)9/h44-58H,17-43,59-64H2,1-16H3. The van der Waals surface area contributed by atoms with Gasteiger partial charge in [0.25, 0.3) is 0 Å². The fraction of sp³-hybridized carbons (Fsp3) is 0.571. The molecule has 0 saturated carbocycles. The van der Waals surface area contributed by atoms with Crippen molar-refractivity contribution < 1.29 is 85.4 Å². The number of rotatable bonds is 53. The maximum Gasteiger partial charge on any atom is 0.344 e. The molecule has 0 unspecified atom stereocenters. The van der Waals surface area contributed by atoms with Gasteiger partial charge in [-0.3, -0.25) is 0 Å². The van der Waals surface area contributed by atoms with Crippen LogP contribution in [0.15, 0.2) is 91.0 Å². The number of carbonyl (C=O) groups is 3. The summed E-state index contributed by atoms with van der Waals surface area (Å²) in [4.78, 5) is 39.4.